The van der Waals surface area contributed by atoms with E-state index in [0.717, 1.165) is 0 Å². The van der Waals surface area contributed by atoms with E-state index in [1.54, 1.807) is 27.7 Å². The quantitative estimate of drug-likeness (QED) is 0.585. The summed E-state index contributed by atoms with van der Waals surface area (Å²) >= 11 is 0. The fraction of sp³-hybridized carbons (Fsp3) is 0.750. The molecule has 2 heterocycles. The Kier molecular flexibility index (Phi) is 3.04. The summed E-state index contributed by atoms with van der Waals surface area (Å²) in [4.78, 5) is 36.4. The van der Waals surface area contributed by atoms with Crippen LogP contribution in [0.4, 0.5) is 4.79 Å². The summed E-state index contributed by atoms with van der Waals surface area (Å²) in [5.41, 5.74) is -1.42. The molecule has 0 aromatic carbocycles. The van der Waals surface area contributed by atoms with Gasteiger partial charge in [-0.05, 0) is 27.7 Å². The summed E-state index contributed by atoms with van der Waals surface area (Å²) in [6.07, 6.45) is -0.447. The van der Waals surface area contributed by atoms with E-state index < -0.39 is 23.3 Å². The van der Waals surface area contributed by atoms with E-state index in [1.165, 1.54) is 4.90 Å². The molecule has 1 spiro atoms. The molecular formula is C12H19N3O4. The topological polar surface area (TPSA) is 87.7 Å². The molecule has 2 rings (SSSR count). The van der Waals surface area contributed by atoms with Crippen LogP contribution < -0.4 is 10.6 Å². The molecule has 0 bridgehead atoms. The fourth-order valence-electron chi connectivity index (χ4n) is 2.18. The molecule has 2 fully saturated rings. The second-order valence-electron chi connectivity index (χ2n) is 6.10. The largest absolute Gasteiger partial charge is 0.444 e. The molecule has 0 aromatic rings. The van der Waals surface area contributed by atoms with Gasteiger partial charge in [-0.3, -0.25) is 20.2 Å². The van der Waals surface area contributed by atoms with Crippen molar-refractivity contribution in [2.75, 3.05) is 13.1 Å². The molecule has 2 aliphatic rings. The number of carbonyl (C=O) groups excluding carboxylic acids is 3. The Hall–Kier alpha value is -1.63. The molecule has 3 amide bonds. The first-order valence-electron chi connectivity index (χ1n) is 6.24. The SMILES string of the molecule is CC1NC2(CN(C(=O)OC(C)(C)C)C2)C(=O)NC1=O. The number of amides is 3. The van der Waals surface area contributed by atoms with Crippen LogP contribution >= 0.6 is 0 Å². The summed E-state index contributed by atoms with van der Waals surface area (Å²) in [6, 6.07) is -0.446. The normalized spacial score (nSPS) is 25.9. The van der Waals surface area contributed by atoms with E-state index in [2.05, 4.69) is 10.6 Å². The van der Waals surface area contributed by atoms with Gasteiger partial charge in [-0.15, -0.1) is 0 Å². The van der Waals surface area contributed by atoms with Gasteiger partial charge in [0.25, 0.3) is 5.91 Å². The van der Waals surface area contributed by atoms with Gasteiger partial charge in [0, 0.05) is 0 Å². The van der Waals surface area contributed by atoms with Crippen LogP contribution in [-0.2, 0) is 14.3 Å². The highest BCUT2D eigenvalue weighted by Crippen LogP contribution is 2.26. The number of carbonyl (C=O) groups is 3. The molecule has 2 saturated heterocycles. The number of ether oxygens (including phenoxy) is 1. The summed E-state index contributed by atoms with van der Waals surface area (Å²) in [5.74, 6) is -0.721. The Balaban J connectivity index is 1.96. The van der Waals surface area contributed by atoms with Crippen LogP contribution in [0.1, 0.15) is 27.7 Å². The zero-order valence-corrected chi connectivity index (χ0v) is 11.6. The Bertz CT molecular complexity index is 435. The number of nitrogens with zero attached hydrogens (tertiary/aromatic N) is 1. The van der Waals surface area contributed by atoms with Gasteiger partial charge in [0.05, 0.1) is 19.1 Å². The van der Waals surface area contributed by atoms with Crippen molar-refractivity contribution in [2.24, 2.45) is 0 Å². The van der Waals surface area contributed by atoms with Crippen LogP contribution in [0.2, 0.25) is 0 Å². The van der Waals surface area contributed by atoms with E-state index in [4.69, 9.17) is 4.74 Å². The molecule has 2 N–H and O–H groups in total. The van der Waals surface area contributed by atoms with E-state index in [1.807, 2.05) is 0 Å². The molecule has 1 atom stereocenters. The van der Waals surface area contributed by atoms with Crippen LogP contribution in [0.15, 0.2) is 0 Å². The molecule has 0 aromatic heterocycles. The van der Waals surface area contributed by atoms with Crippen molar-refractivity contribution in [3.63, 3.8) is 0 Å². The second kappa shape index (κ2) is 4.19. The Morgan fingerprint density at radius 3 is 2.47 bits per heavy atom. The average Bonchev–Trinajstić information content (AvgIpc) is 2.17. The number of likely N-dealkylation sites (tertiary alicyclic amines) is 1. The average molecular weight is 269 g/mol. The lowest BCUT2D eigenvalue weighted by atomic mass is 9.86. The van der Waals surface area contributed by atoms with Crippen molar-refractivity contribution in [1.82, 2.24) is 15.5 Å². The molecular weight excluding hydrogens is 250 g/mol. The molecule has 0 aliphatic carbocycles. The number of hydrogen-bond acceptors (Lipinski definition) is 5. The lowest BCUT2D eigenvalue weighted by Gasteiger charge is -2.51. The van der Waals surface area contributed by atoms with Gasteiger partial charge in [-0.2, -0.15) is 0 Å². The minimum absolute atomic E-state index is 0.214. The lowest BCUT2D eigenvalue weighted by molar-refractivity contribution is -0.146. The van der Waals surface area contributed by atoms with Gasteiger partial charge in [0.15, 0.2) is 0 Å². The minimum Gasteiger partial charge on any atom is -0.444 e. The number of nitrogens with one attached hydrogen (secondary N) is 2. The summed E-state index contributed by atoms with van der Waals surface area (Å²) in [7, 11) is 0. The fourth-order valence-corrected chi connectivity index (χ4v) is 2.18. The highest BCUT2D eigenvalue weighted by molar-refractivity contribution is 6.06. The molecule has 0 radical (unpaired) electrons. The van der Waals surface area contributed by atoms with Crippen molar-refractivity contribution in [3.8, 4) is 0 Å². The molecule has 106 valence electrons. The Morgan fingerprint density at radius 2 is 1.95 bits per heavy atom. The molecule has 1 unspecified atom stereocenters. The van der Waals surface area contributed by atoms with Crippen LogP contribution in [0.3, 0.4) is 0 Å². The van der Waals surface area contributed by atoms with Crippen molar-refractivity contribution in [1.29, 1.82) is 0 Å². The first-order chi connectivity index (χ1) is 8.63. The maximum absolute atomic E-state index is 11.8. The Morgan fingerprint density at radius 1 is 1.37 bits per heavy atom. The van der Waals surface area contributed by atoms with Crippen molar-refractivity contribution in [3.05, 3.63) is 0 Å². The van der Waals surface area contributed by atoms with Crippen molar-refractivity contribution in [2.45, 2.75) is 44.9 Å². The number of hydrogen-bond donors (Lipinski definition) is 2. The van der Waals surface area contributed by atoms with Gasteiger partial charge in [0.2, 0.25) is 5.91 Å². The number of rotatable bonds is 0. The standard InChI is InChI=1S/C12H19N3O4/c1-7-8(16)13-9(17)12(14-7)5-15(6-12)10(18)19-11(2,3)4/h7,14H,5-6H2,1-4H3,(H,13,16,17). The second-order valence-corrected chi connectivity index (χ2v) is 6.10. The number of imide groups is 1. The smallest absolute Gasteiger partial charge is 0.410 e. The Labute approximate surface area is 111 Å². The lowest BCUT2D eigenvalue weighted by Crippen LogP contribution is -2.81. The monoisotopic (exact) mass is 269 g/mol. The van der Waals surface area contributed by atoms with Gasteiger partial charge < -0.3 is 9.64 Å². The van der Waals surface area contributed by atoms with E-state index in [-0.39, 0.29) is 24.9 Å². The maximum Gasteiger partial charge on any atom is 0.410 e. The molecule has 19 heavy (non-hydrogen) atoms. The summed E-state index contributed by atoms with van der Waals surface area (Å²) in [6.45, 7) is 7.46. The van der Waals surface area contributed by atoms with Gasteiger partial charge in [-0.1, -0.05) is 0 Å². The zero-order valence-electron chi connectivity index (χ0n) is 11.6. The first-order valence-corrected chi connectivity index (χ1v) is 6.24. The van der Waals surface area contributed by atoms with E-state index >= 15 is 0 Å². The highest BCUT2D eigenvalue weighted by Gasteiger charge is 2.55. The van der Waals surface area contributed by atoms with Crippen molar-refractivity contribution >= 4 is 17.9 Å². The van der Waals surface area contributed by atoms with Crippen LogP contribution in [0.5, 0.6) is 0 Å². The summed E-state index contributed by atoms with van der Waals surface area (Å²) < 4.78 is 5.22. The van der Waals surface area contributed by atoms with Gasteiger partial charge in [0.1, 0.15) is 11.1 Å². The van der Waals surface area contributed by atoms with Gasteiger partial charge in [-0.25, -0.2) is 4.79 Å². The third kappa shape index (κ3) is 2.56. The predicted octanol–water partition coefficient (Wildman–Crippen LogP) is -0.390. The molecule has 2 aliphatic heterocycles. The third-order valence-electron chi connectivity index (χ3n) is 3.13. The van der Waals surface area contributed by atoms with Crippen LogP contribution in [0.25, 0.3) is 0 Å². The predicted molar refractivity (Wildman–Crippen MR) is 66.3 cm³/mol. The van der Waals surface area contributed by atoms with Gasteiger partial charge >= 0.3 is 6.09 Å². The molecule has 7 nitrogen and oxygen atoms in total. The molecule has 7 heteroatoms. The maximum atomic E-state index is 11.8. The first kappa shape index (κ1) is 13.8. The zero-order chi connectivity index (χ0) is 14.4. The van der Waals surface area contributed by atoms with E-state index in [9.17, 15) is 14.4 Å². The molecule has 0 saturated carbocycles. The van der Waals surface area contributed by atoms with E-state index in [0.29, 0.717) is 0 Å². The van der Waals surface area contributed by atoms with Crippen LogP contribution in [-0.4, -0.2) is 53.1 Å². The third-order valence-corrected chi connectivity index (χ3v) is 3.13. The highest BCUT2D eigenvalue weighted by atomic mass is 16.6. The minimum atomic E-state index is -0.857. The van der Waals surface area contributed by atoms with Crippen molar-refractivity contribution < 1.29 is 19.1 Å². The van der Waals surface area contributed by atoms with Crippen LogP contribution in [0, 0.1) is 0 Å². The summed E-state index contributed by atoms with van der Waals surface area (Å²) in [5, 5.41) is 5.28. The number of piperazine rings is 1.